The third-order valence-electron chi connectivity index (χ3n) is 5.15. The summed E-state index contributed by atoms with van der Waals surface area (Å²) in [5, 5.41) is 3.57. The maximum absolute atomic E-state index is 6.08. The molecule has 0 bridgehead atoms. The second-order valence-electron chi connectivity index (χ2n) is 6.41. The van der Waals surface area contributed by atoms with Crippen molar-refractivity contribution < 1.29 is 4.74 Å². The van der Waals surface area contributed by atoms with Gasteiger partial charge in [0.25, 0.3) is 0 Å². The van der Waals surface area contributed by atoms with Crippen LogP contribution in [0.1, 0.15) is 49.3 Å². The van der Waals surface area contributed by atoms with E-state index in [0.29, 0.717) is 12.0 Å². The highest BCUT2D eigenvalue weighted by atomic mass is 79.9. The average molecular weight is 338 g/mol. The lowest BCUT2D eigenvalue weighted by Gasteiger charge is -2.49. The number of ether oxygens (including phenoxy) is 1. The zero-order valence-corrected chi connectivity index (χ0v) is 14.0. The summed E-state index contributed by atoms with van der Waals surface area (Å²) < 4.78 is 7.25. The van der Waals surface area contributed by atoms with E-state index in [4.69, 9.17) is 4.74 Å². The van der Waals surface area contributed by atoms with Gasteiger partial charge >= 0.3 is 0 Å². The first kappa shape index (κ1) is 14.6. The normalized spacial score (nSPS) is 26.2. The summed E-state index contributed by atoms with van der Waals surface area (Å²) in [5.41, 5.74) is 3.03. The Kier molecular flexibility index (Phi) is 4.21. The maximum Gasteiger partial charge on any atom is 0.0686 e. The lowest BCUT2D eigenvalue weighted by atomic mass is 9.69. The summed E-state index contributed by atoms with van der Waals surface area (Å²) in [5.74, 6) is 0.682. The number of benzene rings is 1. The van der Waals surface area contributed by atoms with Crippen molar-refractivity contribution in [2.75, 3.05) is 13.7 Å². The van der Waals surface area contributed by atoms with Crippen molar-refractivity contribution in [2.24, 2.45) is 5.92 Å². The monoisotopic (exact) mass is 337 g/mol. The molecule has 2 unspecified atom stereocenters. The second kappa shape index (κ2) is 5.78. The number of hydrogen-bond donors (Lipinski definition) is 1. The van der Waals surface area contributed by atoms with Crippen LogP contribution in [0.15, 0.2) is 22.7 Å². The summed E-state index contributed by atoms with van der Waals surface area (Å²) in [6.07, 6.45) is 6.24. The fourth-order valence-electron chi connectivity index (χ4n) is 3.86. The van der Waals surface area contributed by atoms with Gasteiger partial charge in [0, 0.05) is 17.1 Å². The summed E-state index contributed by atoms with van der Waals surface area (Å²) in [7, 11) is 2.09. The maximum atomic E-state index is 6.08. The van der Waals surface area contributed by atoms with Crippen molar-refractivity contribution in [3.63, 3.8) is 0 Å². The molecule has 2 nitrogen and oxygen atoms in total. The van der Waals surface area contributed by atoms with Crippen LogP contribution in [0.3, 0.4) is 0 Å². The third kappa shape index (κ3) is 2.68. The van der Waals surface area contributed by atoms with Crippen LogP contribution in [0, 0.1) is 12.8 Å². The van der Waals surface area contributed by atoms with Crippen molar-refractivity contribution in [1.29, 1.82) is 0 Å². The molecule has 1 N–H and O–H groups in total. The van der Waals surface area contributed by atoms with Crippen molar-refractivity contribution in [2.45, 2.75) is 50.7 Å². The van der Waals surface area contributed by atoms with Crippen molar-refractivity contribution in [3.05, 3.63) is 33.8 Å². The van der Waals surface area contributed by atoms with Gasteiger partial charge in [-0.05, 0) is 75.3 Å². The molecular formula is C17H24BrNO. The zero-order chi connectivity index (χ0) is 14.2. The molecule has 2 aliphatic rings. The molecule has 110 valence electrons. The number of hydrogen-bond acceptors (Lipinski definition) is 2. The second-order valence-corrected chi connectivity index (χ2v) is 7.32. The molecule has 0 amide bonds. The highest BCUT2D eigenvalue weighted by Crippen LogP contribution is 2.47. The van der Waals surface area contributed by atoms with E-state index in [-0.39, 0.29) is 5.60 Å². The highest BCUT2D eigenvalue weighted by Gasteiger charge is 2.44. The third-order valence-corrected chi connectivity index (χ3v) is 5.65. The molecule has 1 saturated carbocycles. The predicted octanol–water partition coefficient (Wildman–Crippen LogP) is 4.37. The van der Waals surface area contributed by atoms with Gasteiger partial charge in [0.1, 0.15) is 0 Å². The number of nitrogens with one attached hydrogen (secondary N) is 1. The Labute approximate surface area is 130 Å². The summed E-state index contributed by atoms with van der Waals surface area (Å²) >= 11 is 3.61. The molecule has 0 radical (unpaired) electrons. The van der Waals surface area contributed by atoms with Gasteiger partial charge in [-0.25, -0.2) is 0 Å². The van der Waals surface area contributed by atoms with E-state index in [1.165, 1.54) is 47.7 Å². The highest BCUT2D eigenvalue weighted by molar-refractivity contribution is 9.10. The van der Waals surface area contributed by atoms with Crippen molar-refractivity contribution in [3.8, 4) is 0 Å². The summed E-state index contributed by atoms with van der Waals surface area (Å²) in [6, 6.07) is 7.05. The molecule has 3 rings (SSSR count). The quantitative estimate of drug-likeness (QED) is 0.884. The molecule has 1 saturated heterocycles. The molecule has 2 atom stereocenters. The minimum atomic E-state index is 0.220. The van der Waals surface area contributed by atoms with Crippen LogP contribution in [0.25, 0.3) is 0 Å². The fourth-order valence-corrected chi connectivity index (χ4v) is 4.24. The van der Waals surface area contributed by atoms with Gasteiger partial charge in [0.05, 0.1) is 5.60 Å². The van der Waals surface area contributed by atoms with E-state index in [9.17, 15) is 0 Å². The van der Waals surface area contributed by atoms with Crippen LogP contribution in [-0.4, -0.2) is 19.3 Å². The van der Waals surface area contributed by atoms with E-state index in [1.54, 1.807) is 0 Å². The summed E-state index contributed by atoms with van der Waals surface area (Å²) in [4.78, 5) is 0. The first-order valence-electron chi connectivity index (χ1n) is 7.71. The molecular weight excluding hydrogens is 314 g/mol. The van der Waals surface area contributed by atoms with E-state index in [0.717, 1.165) is 6.61 Å². The Hall–Kier alpha value is -0.380. The van der Waals surface area contributed by atoms with Gasteiger partial charge in [-0.1, -0.05) is 22.0 Å². The molecule has 1 aliphatic carbocycles. The van der Waals surface area contributed by atoms with E-state index in [2.05, 4.69) is 53.4 Å². The molecule has 1 aromatic carbocycles. The fraction of sp³-hybridized carbons (Fsp3) is 0.647. The van der Waals surface area contributed by atoms with E-state index < -0.39 is 0 Å². The minimum Gasteiger partial charge on any atom is -0.375 e. The smallest absolute Gasteiger partial charge is 0.0686 e. The van der Waals surface area contributed by atoms with Crippen LogP contribution in [0.2, 0.25) is 0 Å². The molecule has 1 spiro atoms. The Bertz CT molecular complexity index is 484. The lowest BCUT2D eigenvalue weighted by molar-refractivity contribution is -0.147. The molecule has 3 heteroatoms. The number of rotatable bonds is 3. The van der Waals surface area contributed by atoms with Crippen LogP contribution >= 0.6 is 15.9 Å². The largest absolute Gasteiger partial charge is 0.375 e. The summed E-state index contributed by atoms with van der Waals surface area (Å²) in [6.45, 7) is 3.14. The first-order valence-corrected chi connectivity index (χ1v) is 8.50. The SMILES string of the molecule is CNC(c1cc(Br)ccc1C)C1CCOC2(CCC2)C1. The van der Waals surface area contributed by atoms with E-state index in [1.807, 2.05) is 0 Å². The van der Waals surface area contributed by atoms with Gasteiger partial charge in [0.15, 0.2) is 0 Å². The topological polar surface area (TPSA) is 21.3 Å². The average Bonchev–Trinajstić information content (AvgIpc) is 2.42. The first-order chi connectivity index (χ1) is 9.63. The molecule has 1 heterocycles. The van der Waals surface area contributed by atoms with Gasteiger partial charge < -0.3 is 10.1 Å². The van der Waals surface area contributed by atoms with Crippen LogP contribution in [0.4, 0.5) is 0 Å². The number of aryl methyl sites for hydroxylation is 1. The molecule has 1 aliphatic heterocycles. The molecule has 20 heavy (non-hydrogen) atoms. The van der Waals surface area contributed by atoms with Crippen LogP contribution < -0.4 is 5.32 Å². The zero-order valence-electron chi connectivity index (χ0n) is 12.4. The van der Waals surface area contributed by atoms with Crippen molar-refractivity contribution in [1.82, 2.24) is 5.32 Å². The van der Waals surface area contributed by atoms with Crippen LogP contribution in [-0.2, 0) is 4.74 Å². The Morgan fingerprint density at radius 3 is 2.85 bits per heavy atom. The van der Waals surface area contributed by atoms with Crippen LogP contribution in [0.5, 0.6) is 0 Å². The van der Waals surface area contributed by atoms with E-state index >= 15 is 0 Å². The van der Waals surface area contributed by atoms with Crippen molar-refractivity contribution >= 4 is 15.9 Å². The van der Waals surface area contributed by atoms with Gasteiger partial charge in [-0.3, -0.25) is 0 Å². The standard InChI is InChI=1S/C17H24BrNO/c1-12-4-5-14(18)10-15(12)16(19-2)13-6-9-20-17(11-13)7-3-8-17/h4-5,10,13,16,19H,3,6-9,11H2,1-2H3. The predicted molar refractivity (Wildman–Crippen MR) is 85.9 cm³/mol. The van der Waals surface area contributed by atoms with Gasteiger partial charge in [-0.15, -0.1) is 0 Å². The Morgan fingerprint density at radius 1 is 1.40 bits per heavy atom. The lowest BCUT2D eigenvalue weighted by Crippen LogP contribution is -2.47. The van der Waals surface area contributed by atoms with Gasteiger partial charge in [0.2, 0.25) is 0 Å². The minimum absolute atomic E-state index is 0.220. The molecule has 2 fully saturated rings. The molecule has 0 aromatic heterocycles. The molecule has 1 aromatic rings. The Balaban J connectivity index is 1.83. The number of halogens is 1. The van der Waals surface area contributed by atoms with Gasteiger partial charge in [-0.2, -0.15) is 0 Å². The Morgan fingerprint density at radius 2 is 2.20 bits per heavy atom.